The fraction of sp³-hybridized carbons (Fsp3) is 0.438. The summed E-state index contributed by atoms with van der Waals surface area (Å²) in [5, 5.41) is 0. The first-order chi connectivity index (χ1) is 9.68. The fourth-order valence-electron chi connectivity index (χ4n) is 2.88. The van der Waals surface area contributed by atoms with Crippen LogP contribution >= 0.6 is 11.8 Å². The van der Waals surface area contributed by atoms with Gasteiger partial charge < -0.3 is 10.3 Å². The Bertz CT molecular complexity index is 558. The summed E-state index contributed by atoms with van der Waals surface area (Å²) in [6, 6.07) is 10.1. The summed E-state index contributed by atoms with van der Waals surface area (Å²) in [6.45, 7) is 3.34. The first-order valence-electron chi connectivity index (χ1n) is 7.12. The average molecular weight is 287 g/mol. The molecular formula is C16H21N3S. The van der Waals surface area contributed by atoms with Gasteiger partial charge in [-0.2, -0.15) is 11.8 Å². The van der Waals surface area contributed by atoms with Gasteiger partial charge in [0.05, 0.1) is 24.3 Å². The molecule has 0 aliphatic carbocycles. The fourth-order valence-corrected chi connectivity index (χ4v) is 4.18. The molecule has 1 aliphatic rings. The van der Waals surface area contributed by atoms with E-state index in [9.17, 15) is 0 Å². The second kappa shape index (κ2) is 5.62. The van der Waals surface area contributed by atoms with E-state index in [4.69, 9.17) is 5.73 Å². The van der Waals surface area contributed by atoms with Crippen LogP contribution < -0.4 is 5.73 Å². The number of benzene rings is 1. The Kier molecular flexibility index (Phi) is 3.85. The van der Waals surface area contributed by atoms with Gasteiger partial charge in [0, 0.05) is 11.3 Å². The average Bonchev–Trinajstić information content (AvgIpc) is 3.09. The van der Waals surface area contributed by atoms with Crippen LogP contribution in [0.3, 0.4) is 0 Å². The Hall–Kier alpha value is -1.26. The Morgan fingerprint density at radius 2 is 2.20 bits per heavy atom. The molecule has 106 valence electrons. The molecule has 0 amide bonds. The molecule has 3 rings (SSSR count). The van der Waals surface area contributed by atoms with Crippen molar-refractivity contribution in [1.82, 2.24) is 9.55 Å². The van der Waals surface area contributed by atoms with Crippen molar-refractivity contribution in [3.63, 3.8) is 0 Å². The molecule has 1 aliphatic heterocycles. The van der Waals surface area contributed by atoms with Crippen LogP contribution in [0.5, 0.6) is 0 Å². The lowest BCUT2D eigenvalue weighted by Crippen LogP contribution is -2.26. The van der Waals surface area contributed by atoms with Crippen LogP contribution in [0.4, 0.5) is 0 Å². The highest BCUT2D eigenvalue weighted by Gasteiger charge is 2.30. The van der Waals surface area contributed by atoms with E-state index < -0.39 is 0 Å². The molecule has 3 nitrogen and oxygen atoms in total. The highest BCUT2D eigenvalue weighted by atomic mass is 32.2. The largest absolute Gasteiger partial charge is 0.332 e. The molecule has 2 aromatic rings. The summed E-state index contributed by atoms with van der Waals surface area (Å²) in [5.74, 6) is 1.27. The summed E-state index contributed by atoms with van der Waals surface area (Å²) >= 11 is 2.07. The number of hydrogen-bond acceptors (Lipinski definition) is 3. The van der Waals surface area contributed by atoms with Gasteiger partial charge in [-0.3, -0.25) is 0 Å². The van der Waals surface area contributed by atoms with Crippen LogP contribution in [0.2, 0.25) is 0 Å². The molecule has 1 fully saturated rings. The SMILES string of the molecule is CC1(Cn2cncc2C(N)c2ccccc2)CCCS1. The molecule has 1 aromatic carbocycles. The van der Waals surface area contributed by atoms with E-state index in [-0.39, 0.29) is 6.04 Å². The van der Waals surface area contributed by atoms with Crippen molar-refractivity contribution in [2.75, 3.05) is 5.75 Å². The monoisotopic (exact) mass is 287 g/mol. The normalized spacial score (nSPS) is 23.9. The minimum atomic E-state index is -0.103. The van der Waals surface area contributed by atoms with E-state index in [1.807, 2.05) is 30.7 Å². The summed E-state index contributed by atoms with van der Waals surface area (Å²) in [6.07, 6.45) is 6.41. The molecule has 2 unspecified atom stereocenters. The number of imidazole rings is 1. The van der Waals surface area contributed by atoms with E-state index in [2.05, 4.69) is 40.4 Å². The van der Waals surface area contributed by atoms with Crippen LogP contribution in [0.15, 0.2) is 42.9 Å². The van der Waals surface area contributed by atoms with E-state index in [1.165, 1.54) is 18.6 Å². The van der Waals surface area contributed by atoms with Gasteiger partial charge in [0.25, 0.3) is 0 Å². The Morgan fingerprint density at radius 1 is 1.40 bits per heavy atom. The molecule has 2 heterocycles. The predicted molar refractivity (Wildman–Crippen MR) is 84.8 cm³/mol. The lowest BCUT2D eigenvalue weighted by Gasteiger charge is -2.25. The van der Waals surface area contributed by atoms with Crippen molar-refractivity contribution in [3.05, 3.63) is 54.1 Å². The van der Waals surface area contributed by atoms with E-state index in [0.29, 0.717) is 4.75 Å². The van der Waals surface area contributed by atoms with Crippen LogP contribution in [0, 0.1) is 0 Å². The molecular weight excluding hydrogens is 266 g/mol. The maximum Gasteiger partial charge on any atom is 0.0949 e. The molecule has 0 radical (unpaired) electrons. The summed E-state index contributed by atoms with van der Waals surface area (Å²) in [4.78, 5) is 4.32. The predicted octanol–water partition coefficient (Wildman–Crippen LogP) is 3.22. The highest BCUT2D eigenvalue weighted by molar-refractivity contribution is 8.00. The number of hydrogen-bond donors (Lipinski definition) is 1. The summed E-state index contributed by atoms with van der Waals surface area (Å²) < 4.78 is 2.56. The Labute approximate surface area is 124 Å². The summed E-state index contributed by atoms with van der Waals surface area (Å²) in [7, 11) is 0. The standard InChI is InChI=1S/C16H21N3S/c1-16(8-5-9-20-16)11-19-12-18-10-14(19)15(17)13-6-3-2-4-7-13/h2-4,6-7,10,12,15H,5,8-9,11,17H2,1H3. The lowest BCUT2D eigenvalue weighted by atomic mass is 10.0. The highest BCUT2D eigenvalue weighted by Crippen LogP contribution is 2.39. The number of rotatable bonds is 4. The molecule has 0 bridgehead atoms. The van der Waals surface area contributed by atoms with Crippen molar-refractivity contribution in [2.24, 2.45) is 5.73 Å². The van der Waals surface area contributed by atoms with E-state index in [0.717, 1.165) is 17.8 Å². The molecule has 20 heavy (non-hydrogen) atoms. The maximum absolute atomic E-state index is 6.41. The van der Waals surface area contributed by atoms with Gasteiger partial charge in [0.1, 0.15) is 0 Å². The Morgan fingerprint density at radius 3 is 2.90 bits per heavy atom. The number of nitrogens with zero attached hydrogens (tertiary/aromatic N) is 2. The maximum atomic E-state index is 6.41. The van der Waals surface area contributed by atoms with Crippen LogP contribution in [-0.4, -0.2) is 20.1 Å². The number of nitrogens with two attached hydrogens (primary N) is 1. The van der Waals surface area contributed by atoms with E-state index >= 15 is 0 Å². The van der Waals surface area contributed by atoms with Gasteiger partial charge in [-0.05, 0) is 31.1 Å². The number of thioether (sulfide) groups is 1. The van der Waals surface area contributed by atoms with Gasteiger partial charge in [-0.1, -0.05) is 30.3 Å². The summed E-state index contributed by atoms with van der Waals surface area (Å²) in [5.41, 5.74) is 8.65. The van der Waals surface area contributed by atoms with Crippen molar-refractivity contribution < 1.29 is 0 Å². The first-order valence-corrected chi connectivity index (χ1v) is 8.11. The van der Waals surface area contributed by atoms with Crippen LogP contribution in [0.1, 0.15) is 37.1 Å². The van der Waals surface area contributed by atoms with E-state index in [1.54, 1.807) is 0 Å². The Balaban J connectivity index is 1.83. The number of aromatic nitrogens is 2. The third kappa shape index (κ3) is 2.76. The van der Waals surface area contributed by atoms with Gasteiger partial charge in [-0.15, -0.1) is 0 Å². The van der Waals surface area contributed by atoms with Crippen molar-refractivity contribution >= 4 is 11.8 Å². The molecule has 2 atom stereocenters. The zero-order valence-corrected chi connectivity index (χ0v) is 12.6. The second-order valence-electron chi connectivity index (χ2n) is 5.74. The quantitative estimate of drug-likeness (QED) is 0.939. The smallest absolute Gasteiger partial charge is 0.0949 e. The molecule has 0 saturated carbocycles. The molecule has 2 N–H and O–H groups in total. The molecule has 1 aromatic heterocycles. The van der Waals surface area contributed by atoms with Gasteiger partial charge in [0.2, 0.25) is 0 Å². The first kappa shape index (κ1) is 13.7. The van der Waals surface area contributed by atoms with Gasteiger partial charge in [0.15, 0.2) is 0 Å². The minimum Gasteiger partial charge on any atom is -0.332 e. The van der Waals surface area contributed by atoms with Gasteiger partial charge >= 0.3 is 0 Å². The van der Waals surface area contributed by atoms with Gasteiger partial charge in [-0.25, -0.2) is 4.98 Å². The molecule has 1 saturated heterocycles. The second-order valence-corrected chi connectivity index (χ2v) is 7.42. The third-order valence-corrected chi connectivity index (χ3v) is 5.55. The van der Waals surface area contributed by atoms with Crippen LogP contribution in [0.25, 0.3) is 0 Å². The molecule has 0 spiro atoms. The topological polar surface area (TPSA) is 43.8 Å². The lowest BCUT2D eigenvalue weighted by molar-refractivity contribution is 0.494. The zero-order chi connectivity index (χ0) is 14.0. The van der Waals surface area contributed by atoms with Crippen molar-refractivity contribution in [3.8, 4) is 0 Å². The van der Waals surface area contributed by atoms with Crippen LogP contribution in [-0.2, 0) is 6.54 Å². The van der Waals surface area contributed by atoms with Crippen molar-refractivity contribution in [2.45, 2.75) is 37.1 Å². The third-order valence-electron chi connectivity index (χ3n) is 4.03. The van der Waals surface area contributed by atoms with Crippen molar-refractivity contribution in [1.29, 1.82) is 0 Å². The molecule has 4 heteroatoms. The minimum absolute atomic E-state index is 0.103. The zero-order valence-electron chi connectivity index (χ0n) is 11.8.